The fourth-order valence-electron chi connectivity index (χ4n) is 1.79. The molecule has 0 atom stereocenters. The molecule has 0 unspecified atom stereocenters. The Hall–Kier alpha value is -1.98. The van der Waals surface area contributed by atoms with Crippen LogP contribution < -0.4 is 5.32 Å². The van der Waals surface area contributed by atoms with Gasteiger partial charge >= 0.3 is 12.1 Å². The molecule has 0 radical (unpaired) electrons. The van der Waals surface area contributed by atoms with Crippen LogP contribution in [0.25, 0.3) is 0 Å². The van der Waals surface area contributed by atoms with E-state index in [1.807, 2.05) is 0 Å². The van der Waals surface area contributed by atoms with Crippen molar-refractivity contribution < 1.29 is 23.8 Å². The average Bonchev–Trinajstić information content (AvgIpc) is 2.76. The second kappa shape index (κ2) is 6.45. The summed E-state index contributed by atoms with van der Waals surface area (Å²) in [5.74, 6) is 0.00188. The third-order valence-corrected chi connectivity index (χ3v) is 2.57. The number of hydrogen-bond donors (Lipinski definition) is 1. The molecule has 0 saturated carbocycles. The lowest BCUT2D eigenvalue weighted by atomic mass is 10.2. The highest BCUT2D eigenvalue weighted by Crippen LogP contribution is 2.27. The van der Waals surface area contributed by atoms with Crippen LogP contribution >= 0.6 is 0 Å². The Bertz CT molecular complexity index is 457. The molecule has 1 amide bonds. The molecular formula is C14H21NO5. The van der Waals surface area contributed by atoms with Crippen LogP contribution in [0.15, 0.2) is 23.0 Å². The largest absolute Gasteiger partial charge is 0.496 e. The van der Waals surface area contributed by atoms with Crippen molar-refractivity contribution >= 4 is 12.1 Å². The summed E-state index contributed by atoms with van der Waals surface area (Å²) in [5.41, 5.74) is 0.642. The summed E-state index contributed by atoms with van der Waals surface area (Å²) in [7, 11) is 2.79. The van der Waals surface area contributed by atoms with Crippen molar-refractivity contribution in [1.29, 1.82) is 0 Å². The lowest BCUT2D eigenvalue weighted by Crippen LogP contribution is -2.33. The number of ether oxygens (including phenoxy) is 3. The van der Waals surface area contributed by atoms with E-state index in [0.29, 0.717) is 17.8 Å². The average molecular weight is 283 g/mol. The SMILES string of the molecule is COC(=O)C1=CCC(CNC(=O)OC(C)(C)C)=C1OC. The number of amides is 1. The zero-order valence-corrected chi connectivity index (χ0v) is 12.5. The molecule has 1 aliphatic rings. The normalized spacial score (nSPS) is 14.8. The second-order valence-electron chi connectivity index (χ2n) is 5.31. The van der Waals surface area contributed by atoms with Crippen LogP contribution in [0.2, 0.25) is 0 Å². The van der Waals surface area contributed by atoms with Gasteiger partial charge in [-0.2, -0.15) is 0 Å². The molecule has 0 aliphatic heterocycles. The Balaban J connectivity index is 2.64. The minimum atomic E-state index is -0.548. The first-order valence-corrected chi connectivity index (χ1v) is 6.30. The summed E-state index contributed by atoms with van der Waals surface area (Å²) in [6.45, 7) is 5.63. The van der Waals surface area contributed by atoms with Gasteiger partial charge in [-0.15, -0.1) is 0 Å². The van der Waals surface area contributed by atoms with Crippen LogP contribution in [0.4, 0.5) is 4.79 Å². The van der Waals surface area contributed by atoms with E-state index < -0.39 is 17.7 Å². The Morgan fingerprint density at radius 2 is 1.95 bits per heavy atom. The Morgan fingerprint density at radius 1 is 1.30 bits per heavy atom. The summed E-state index contributed by atoms with van der Waals surface area (Å²) < 4.78 is 15.0. The van der Waals surface area contributed by atoms with Crippen molar-refractivity contribution in [2.75, 3.05) is 20.8 Å². The quantitative estimate of drug-likeness (QED) is 0.798. The molecule has 112 valence electrons. The first-order valence-electron chi connectivity index (χ1n) is 6.30. The van der Waals surface area contributed by atoms with Crippen molar-refractivity contribution in [3.05, 3.63) is 23.0 Å². The molecule has 1 rings (SSSR count). The Labute approximate surface area is 118 Å². The highest BCUT2D eigenvalue weighted by atomic mass is 16.6. The molecule has 1 N–H and O–H groups in total. The van der Waals surface area contributed by atoms with Crippen LogP contribution in [0.5, 0.6) is 0 Å². The van der Waals surface area contributed by atoms with Gasteiger partial charge in [-0.05, 0) is 32.8 Å². The van der Waals surface area contributed by atoms with E-state index in [0.717, 1.165) is 5.57 Å². The minimum Gasteiger partial charge on any atom is -0.496 e. The number of carbonyl (C=O) groups excluding carboxylic acids is 2. The van der Waals surface area contributed by atoms with Gasteiger partial charge in [-0.25, -0.2) is 9.59 Å². The molecule has 20 heavy (non-hydrogen) atoms. The van der Waals surface area contributed by atoms with E-state index in [1.54, 1.807) is 26.8 Å². The number of methoxy groups -OCH3 is 2. The maximum Gasteiger partial charge on any atom is 0.407 e. The standard InChI is InChI=1S/C14H21NO5/c1-14(2,3)20-13(17)15-8-9-6-7-10(11(9)18-4)12(16)19-5/h7H,6,8H2,1-5H3,(H,15,17). The first kappa shape index (κ1) is 16.1. The van der Waals surface area contributed by atoms with E-state index in [9.17, 15) is 9.59 Å². The van der Waals surface area contributed by atoms with Crippen LogP contribution in [0.3, 0.4) is 0 Å². The maximum absolute atomic E-state index is 11.6. The molecule has 0 spiro atoms. The van der Waals surface area contributed by atoms with Crippen molar-refractivity contribution in [3.63, 3.8) is 0 Å². The number of alkyl carbamates (subject to hydrolysis) is 1. The Kier molecular flexibility index (Phi) is 5.19. The third-order valence-electron chi connectivity index (χ3n) is 2.57. The predicted molar refractivity (Wildman–Crippen MR) is 73.0 cm³/mol. The zero-order chi connectivity index (χ0) is 15.3. The molecule has 6 nitrogen and oxygen atoms in total. The Morgan fingerprint density at radius 3 is 2.45 bits per heavy atom. The van der Waals surface area contributed by atoms with Crippen molar-refractivity contribution in [3.8, 4) is 0 Å². The van der Waals surface area contributed by atoms with Gasteiger partial charge in [0.25, 0.3) is 0 Å². The van der Waals surface area contributed by atoms with Gasteiger partial charge in [-0.1, -0.05) is 6.08 Å². The number of carbonyl (C=O) groups is 2. The predicted octanol–water partition coefficient (Wildman–Crippen LogP) is 1.91. The van der Waals surface area contributed by atoms with Gasteiger partial charge in [-0.3, -0.25) is 0 Å². The van der Waals surface area contributed by atoms with Crippen molar-refractivity contribution in [2.24, 2.45) is 0 Å². The summed E-state index contributed by atoms with van der Waals surface area (Å²) >= 11 is 0. The molecule has 0 aromatic carbocycles. The monoisotopic (exact) mass is 283 g/mol. The van der Waals surface area contributed by atoms with Gasteiger partial charge in [0.1, 0.15) is 11.4 Å². The van der Waals surface area contributed by atoms with E-state index in [2.05, 4.69) is 10.1 Å². The van der Waals surface area contributed by atoms with Gasteiger partial charge in [0.15, 0.2) is 0 Å². The van der Waals surface area contributed by atoms with Crippen LogP contribution in [0, 0.1) is 0 Å². The van der Waals surface area contributed by atoms with Crippen LogP contribution in [-0.2, 0) is 19.0 Å². The fraction of sp³-hybridized carbons (Fsp3) is 0.571. The van der Waals surface area contributed by atoms with E-state index in [1.165, 1.54) is 14.2 Å². The summed E-state index contributed by atoms with van der Waals surface area (Å²) in [4.78, 5) is 23.1. The molecule has 0 saturated heterocycles. The van der Waals surface area contributed by atoms with Crippen molar-refractivity contribution in [2.45, 2.75) is 32.8 Å². The smallest absolute Gasteiger partial charge is 0.407 e. The maximum atomic E-state index is 11.6. The van der Waals surface area contributed by atoms with Gasteiger partial charge in [0, 0.05) is 6.54 Å². The van der Waals surface area contributed by atoms with Gasteiger partial charge in [0.05, 0.1) is 19.8 Å². The molecular weight excluding hydrogens is 262 g/mol. The molecule has 1 aliphatic carbocycles. The molecule has 0 aromatic rings. The molecule has 0 aromatic heterocycles. The number of esters is 1. The number of nitrogens with one attached hydrogen (secondary N) is 1. The molecule has 0 bridgehead atoms. The second-order valence-corrected chi connectivity index (χ2v) is 5.31. The highest BCUT2D eigenvalue weighted by Gasteiger charge is 2.25. The van der Waals surface area contributed by atoms with Gasteiger partial charge in [0.2, 0.25) is 0 Å². The minimum absolute atomic E-state index is 0.259. The highest BCUT2D eigenvalue weighted by molar-refractivity contribution is 5.94. The summed E-state index contributed by atoms with van der Waals surface area (Å²) in [6, 6.07) is 0. The lowest BCUT2D eigenvalue weighted by Gasteiger charge is -2.20. The third kappa shape index (κ3) is 4.29. The summed E-state index contributed by atoms with van der Waals surface area (Å²) in [6.07, 6.45) is 1.74. The lowest BCUT2D eigenvalue weighted by molar-refractivity contribution is -0.136. The van der Waals surface area contributed by atoms with Crippen molar-refractivity contribution in [1.82, 2.24) is 5.32 Å². The molecule has 0 heterocycles. The van der Waals surface area contributed by atoms with Crippen LogP contribution in [-0.4, -0.2) is 38.4 Å². The topological polar surface area (TPSA) is 73.9 Å². The van der Waals surface area contributed by atoms with Crippen LogP contribution in [0.1, 0.15) is 27.2 Å². The molecule has 6 heteroatoms. The number of rotatable bonds is 4. The number of allylic oxidation sites excluding steroid dienone is 1. The number of hydrogen-bond acceptors (Lipinski definition) is 5. The van der Waals surface area contributed by atoms with E-state index in [-0.39, 0.29) is 6.54 Å². The fourth-order valence-corrected chi connectivity index (χ4v) is 1.79. The first-order chi connectivity index (χ1) is 9.28. The molecule has 0 fully saturated rings. The summed E-state index contributed by atoms with van der Waals surface area (Å²) in [5, 5.41) is 2.64. The van der Waals surface area contributed by atoms with Gasteiger partial charge < -0.3 is 19.5 Å². The van der Waals surface area contributed by atoms with E-state index >= 15 is 0 Å². The zero-order valence-electron chi connectivity index (χ0n) is 12.5. The van der Waals surface area contributed by atoms with E-state index in [4.69, 9.17) is 9.47 Å².